The van der Waals surface area contributed by atoms with Crippen LogP contribution in [0.3, 0.4) is 0 Å². The van der Waals surface area contributed by atoms with E-state index in [0.29, 0.717) is 19.7 Å². The lowest BCUT2D eigenvalue weighted by molar-refractivity contribution is -0.118. The standard InChI is InChI=1S/C9H17NO2/c1-3-5-10(9-11)6-8-12-7-4-2/h3,9H,1,4-8H2,2H3. The Morgan fingerprint density at radius 2 is 2.25 bits per heavy atom. The molecular weight excluding hydrogens is 154 g/mol. The fraction of sp³-hybridized carbons (Fsp3) is 0.667. The zero-order valence-electron chi connectivity index (χ0n) is 7.66. The lowest BCUT2D eigenvalue weighted by Crippen LogP contribution is -2.26. The molecule has 3 nitrogen and oxygen atoms in total. The fourth-order valence-corrected chi connectivity index (χ4v) is 0.781. The number of rotatable bonds is 8. The molecule has 0 atom stereocenters. The van der Waals surface area contributed by atoms with Crippen molar-refractivity contribution in [3.63, 3.8) is 0 Å². The molecule has 0 aliphatic carbocycles. The van der Waals surface area contributed by atoms with Gasteiger partial charge in [-0.2, -0.15) is 0 Å². The zero-order valence-corrected chi connectivity index (χ0v) is 7.66. The molecule has 0 N–H and O–H groups in total. The molecule has 3 heteroatoms. The molecule has 0 aliphatic heterocycles. The van der Waals surface area contributed by atoms with Crippen molar-refractivity contribution in [3.05, 3.63) is 12.7 Å². The SMILES string of the molecule is C=CCN(C=O)CCOCCC. The summed E-state index contributed by atoms with van der Waals surface area (Å²) in [4.78, 5) is 12.0. The van der Waals surface area contributed by atoms with Crippen LogP contribution in [0.2, 0.25) is 0 Å². The normalized spacial score (nSPS) is 9.42. The highest BCUT2D eigenvalue weighted by atomic mass is 16.5. The Hall–Kier alpha value is -0.830. The molecule has 0 radical (unpaired) electrons. The van der Waals surface area contributed by atoms with E-state index in [-0.39, 0.29) is 0 Å². The molecule has 0 saturated heterocycles. The summed E-state index contributed by atoms with van der Waals surface area (Å²) in [6, 6.07) is 0. The van der Waals surface area contributed by atoms with E-state index in [9.17, 15) is 4.79 Å². The van der Waals surface area contributed by atoms with Crippen LogP contribution in [0, 0.1) is 0 Å². The van der Waals surface area contributed by atoms with Crippen LogP contribution in [-0.2, 0) is 9.53 Å². The van der Waals surface area contributed by atoms with Gasteiger partial charge in [0.25, 0.3) is 0 Å². The molecule has 0 rings (SSSR count). The molecule has 0 bridgehead atoms. The van der Waals surface area contributed by atoms with Crippen LogP contribution in [0.15, 0.2) is 12.7 Å². The lowest BCUT2D eigenvalue weighted by Gasteiger charge is -2.14. The van der Waals surface area contributed by atoms with E-state index in [1.165, 1.54) is 0 Å². The summed E-state index contributed by atoms with van der Waals surface area (Å²) in [5, 5.41) is 0. The van der Waals surface area contributed by atoms with E-state index in [1.54, 1.807) is 11.0 Å². The molecule has 0 unspecified atom stereocenters. The molecule has 0 aliphatic rings. The Kier molecular flexibility index (Phi) is 7.70. The number of ether oxygens (including phenoxy) is 1. The van der Waals surface area contributed by atoms with E-state index in [4.69, 9.17) is 4.74 Å². The molecule has 0 aromatic heterocycles. The molecule has 0 saturated carbocycles. The van der Waals surface area contributed by atoms with Crippen molar-refractivity contribution < 1.29 is 9.53 Å². The van der Waals surface area contributed by atoms with Gasteiger partial charge in [0.15, 0.2) is 0 Å². The Bertz CT molecular complexity index is 126. The van der Waals surface area contributed by atoms with E-state index in [2.05, 4.69) is 13.5 Å². The van der Waals surface area contributed by atoms with Crippen molar-refractivity contribution in [2.24, 2.45) is 0 Å². The number of carbonyl (C=O) groups excluding carboxylic acids is 1. The highest BCUT2D eigenvalue weighted by Crippen LogP contribution is 1.85. The largest absolute Gasteiger partial charge is 0.380 e. The van der Waals surface area contributed by atoms with Crippen LogP contribution < -0.4 is 0 Å². The highest BCUT2D eigenvalue weighted by Gasteiger charge is 1.96. The number of nitrogens with zero attached hydrogens (tertiary/aromatic N) is 1. The number of carbonyl (C=O) groups is 1. The fourth-order valence-electron chi connectivity index (χ4n) is 0.781. The molecule has 0 spiro atoms. The minimum atomic E-state index is 0.596. The van der Waals surface area contributed by atoms with Gasteiger partial charge in [0.2, 0.25) is 6.41 Å². The van der Waals surface area contributed by atoms with Crippen LogP contribution in [0.1, 0.15) is 13.3 Å². The molecule has 12 heavy (non-hydrogen) atoms. The zero-order chi connectivity index (χ0) is 9.23. The van der Waals surface area contributed by atoms with Crippen LogP contribution in [0.4, 0.5) is 0 Å². The summed E-state index contributed by atoms with van der Waals surface area (Å²) in [6.07, 6.45) is 3.54. The van der Waals surface area contributed by atoms with Crippen LogP contribution in [0.25, 0.3) is 0 Å². The quantitative estimate of drug-likeness (QED) is 0.310. The minimum absolute atomic E-state index is 0.596. The Balaban J connectivity index is 3.31. The van der Waals surface area contributed by atoms with Gasteiger partial charge < -0.3 is 9.64 Å². The predicted octanol–water partition coefficient (Wildman–Crippen LogP) is 1.06. The topological polar surface area (TPSA) is 29.5 Å². The first kappa shape index (κ1) is 11.2. The van der Waals surface area contributed by atoms with Crippen molar-refractivity contribution >= 4 is 6.41 Å². The van der Waals surface area contributed by atoms with Gasteiger partial charge in [0.05, 0.1) is 6.61 Å². The second kappa shape index (κ2) is 8.27. The van der Waals surface area contributed by atoms with E-state index >= 15 is 0 Å². The van der Waals surface area contributed by atoms with E-state index in [0.717, 1.165) is 19.4 Å². The monoisotopic (exact) mass is 171 g/mol. The molecule has 70 valence electrons. The second-order valence-corrected chi connectivity index (χ2v) is 2.50. The van der Waals surface area contributed by atoms with E-state index < -0.39 is 0 Å². The maximum atomic E-state index is 10.4. The number of hydrogen-bond acceptors (Lipinski definition) is 2. The van der Waals surface area contributed by atoms with Crippen LogP contribution in [0.5, 0.6) is 0 Å². The maximum Gasteiger partial charge on any atom is 0.210 e. The summed E-state index contributed by atoms with van der Waals surface area (Å²) in [5.41, 5.74) is 0. The van der Waals surface area contributed by atoms with Crippen LogP contribution in [-0.4, -0.2) is 37.6 Å². The minimum Gasteiger partial charge on any atom is -0.380 e. The first-order valence-electron chi connectivity index (χ1n) is 4.23. The third-order valence-corrected chi connectivity index (χ3v) is 1.38. The molecule has 0 heterocycles. The summed E-state index contributed by atoms with van der Waals surface area (Å²) in [7, 11) is 0. The van der Waals surface area contributed by atoms with Gasteiger partial charge in [-0.25, -0.2) is 0 Å². The average molecular weight is 171 g/mol. The number of amides is 1. The van der Waals surface area contributed by atoms with Gasteiger partial charge in [-0.15, -0.1) is 6.58 Å². The summed E-state index contributed by atoms with van der Waals surface area (Å²) in [6.45, 7) is 8.23. The van der Waals surface area contributed by atoms with Crippen molar-refractivity contribution in [2.45, 2.75) is 13.3 Å². The summed E-state index contributed by atoms with van der Waals surface area (Å²) >= 11 is 0. The average Bonchev–Trinajstić information content (AvgIpc) is 2.10. The Labute approximate surface area is 74.0 Å². The lowest BCUT2D eigenvalue weighted by atomic mass is 10.5. The van der Waals surface area contributed by atoms with Gasteiger partial charge in [0, 0.05) is 19.7 Å². The Morgan fingerprint density at radius 1 is 1.50 bits per heavy atom. The number of hydrogen-bond donors (Lipinski definition) is 0. The molecule has 1 amide bonds. The van der Waals surface area contributed by atoms with Crippen molar-refractivity contribution in [1.82, 2.24) is 4.90 Å². The molecule has 0 aromatic carbocycles. The van der Waals surface area contributed by atoms with Crippen molar-refractivity contribution in [3.8, 4) is 0 Å². The van der Waals surface area contributed by atoms with Crippen molar-refractivity contribution in [1.29, 1.82) is 0 Å². The van der Waals surface area contributed by atoms with Gasteiger partial charge in [-0.1, -0.05) is 13.0 Å². The third kappa shape index (κ3) is 5.92. The van der Waals surface area contributed by atoms with Gasteiger partial charge in [-0.05, 0) is 6.42 Å². The van der Waals surface area contributed by atoms with E-state index in [1.807, 2.05) is 0 Å². The third-order valence-electron chi connectivity index (χ3n) is 1.38. The van der Waals surface area contributed by atoms with Crippen LogP contribution >= 0.6 is 0 Å². The molecule has 0 fully saturated rings. The first-order chi connectivity index (χ1) is 5.85. The maximum absolute atomic E-state index is 10.4. The summed E-state index contributed by atoms with van der Waals surface area (Å²) in [5.74, 6) is 0. The van der Waals surface area contributed by atoms with Gasteiger partial charge >= 0.3 is 0 Å². The van der Waals surface area contributed by atoms with Gasteiger partial charge in [-0.3, -0.25) is 4.79 Å². The first-order valence-corrected chi connectivity index (χ1v) is 4.23. The second-order valence-electron chi connectivity index (χ2n) is 2.50. The molecular formula is C9H17NO2. The highest BCUT2D eigenvalue weighted by molar-refractivity contribution is 5.47. The van der Waals surface area contributed by atoms with Gasteiger partial charge in [0.1, 0.15) is 0 Å². The Morgan fingerprint density at radius 3 is 2.75 bits per heavy atom. The molecule has 0 aromatic rings. The van der Waals surface area contributed by atoms with Crippen molar-refractivity contribution in [2.75, 3.05) is 26.3 Å². The predicted molar refractivity (Wildman–Crippen MR) is 48.9 cm³/mol. The summed E-state index contributed by atoms with van der Waals surface area (Å²) < 4.78 is 5.23. The smallest absolute Gasteiger partial charge is 0.210 e.